The molecule has 10 nitrogen and oxygen atoms in total. The standard InChI is InChI=1S/C21H22N4O6S2/c1-15-14-20(23-31-15)24-32(27,28)18-10-6-17(7-11-18)22-21(26)16-4-8-19(9-5-16)33(29,30)25-12-2-3-13-25/h4-11,14H,2-3,12-13H2,1H3,(H,22,26)(H,23,24). The monoisotopic (exact) mass is 490 g/mol. The number of hydrogen-bond donors (Lipinski definition) is 2. The minimum Gasteiger partial charge on any atom is -0.360 e. The van der Waals surface area contributed by atoms with Gasteiger partial charge in [-0.15, -0.1) is 0 Å². The number of nitrogens with zero attached hydrogens (tertiary/aromatic N) is 2. The Morgan fingerprint density at radius 1 is 0.939 bits per heavy atom. The zero-order valence-corrected chi connectivity index (χ0v) is 19.3. The van der Waals surface area contributed by atoms with Crippen molar-refractivity contribution in [3.63, 3.8) is 0 Å². The summed E-state index contributed by atoms with van der Waals surface area (Å²) in [6, 6.07) is 12.8. The van der Waals surface area contributed by atoms with Crippen molar-refractivity contribution in [2.45, 2.75) is 29.6 Å². The predicted molar refractivity (Wildman–Crippen MR) is 121 cm³/mol. The van der Waals surface area contributed by atoms with Gasteiger partial charge in [0.25, 0.3) is 15.9 Å². The first-order valence-electron chi connectivity index (χ1n) is 10.1. The van der Waals surface area contributed by atoms with Gasteiger partial charge in [-0.3, -0.25) is 9.52 Å². The Balaban J connectivity index is 1.42. The van der Waals surface area contributed by atoms with Gasteiger partial charge < -0.3 is 9.84 Å². The van der Waals surface area contributed by atoms with Crippen LogP contribution in [0.2, 0.25) is 0 Å². The number of amides is 1. The smallest absolute Gasteiger partial charge is 0.263 e. The summed E-state index contributed by atoms with van der Waals surface area (Å²) in [5.74, 6) is 0.0828. The molecule has 2 N–H and O–H groups in total. The maximum atomic E-state index is 12.6. The predicted octanol–water partition coefficient (Wildman–Crippen LogP) is 2.82. The molecule has 0 bridgehead atoms. The fraction of sp³-hybridized carbons (Fsp3) is 0.238. The van der Waals surface area contributed by atoms with Gasteiger partial charge in [0.05, 0.1) is 9.79 Å². The van der Waals surface area contributed by atoms with Gasteiger partial charge in [-0.05, 0) is 68.3 Å². The molecule has 33 heavy (non-hydrogen) atoms. The van der Waals surface area contributed by atoms with Crippen LogP contribution in [0.15, 0.2) is 68.9 Å². The molecule has 1 aliphatic rings. The first kappa shape index (κ1) is 23.0. The molecule has 0 aliphatic carbocycles. The SMILES string of the molecule is Cc1cc(NS(=O)(=O)c2ccc(NC(=O)c3ccc(S(=O)(=O)N4CCCC4)cc3)cc2)no1. The third-order valence-electron chi connectivity index (χ3n) is 5.11. The van der Waals surface area contributed by atoms with Crippen LogP contribution in [0.4, 0.5) is 11.5 Å². The zero-order valence-electron chi connectivity index (χ0n) is 17.7. The van der Waals surface area contributed by atoms with Crippen LogP contribution in [-0.2, 0) is 20.0 Å². The van der Waals surface area contributed by atoms with Crippen molar-refractivity contribution in [2.75, 3.05) is 23.1 Å². The average molecular weight is 491 g/mol. The lowest BCUT2D eigenvalue weighted by molar-refractivity contribution is 0.102. The number of carbonyl (C=O) groups is 1. The van der Waals surface area contributed by atoms with E-state index in [1.807, 2.05) is 0 Å². The Morgan fingerprint density at radius 3 is 2.12 bits per heavy atom. The number of aryl methyl sites for hydroxylation is 1. The summed E-state index contributed by atoms with van der Waals surface area (Å²) >= 11 is 0. The van der Waals surface area contributed by atoms with Crippen LogP contribution in [0.5, 0.6) is 0 Å². The number of hydrogen-bond acceptors (Lipinski definition) is 7. The Kier molecular flexibility index (Phi) is 6.23. The van der Waals surface area contributed by atoms with Crippen LogP contribution in [-0.4, -0.2) is 45.3 Å². The maximum Gasteiger partial charge on any atom is 0.263 e. The van der Waals surface area contributed by atoms with Crippen molar-refractivity contribution in [1.82, 2.24) is 9.46 Å². The summed E-state index contributed by atoms with van der Waals surface area (Å²) in [7, 11) is -7.42. The fourth-order valence-electron chi connectivity index (χ4n) is 3.39. The molecule has 3 aromatic rings. The molecular formula is C21H22N4O6S2. The van der Waals surface area contributed by atoms with E-state index in [0.717, 1.165) is 12.8 Å². The van der Waals surface area contributed by atoms with E-state index < -0.39 is 26.0 Å². The molecule has 0 atom stereocenters. The van der Waals surface area contributed by atoms with Gasteiger partial charge in [0.15, 0.2) is 5.82 Å². The van der Waals surface area contributed by atoms with Crippen LogP contribution < -0.4 is 10.0 Å². The largest absolute Gasteiger partial charge is 0.360 e. The second-order valence-corrected chi connectivity index (χ2v) is 11.2. The molecule has 1 fully saturated rings. The van der Waals surface area contributed by atoms with Crippen molar-refractivity contribution in [1.29, 1.82) is 0 Å². The maximum absolute atomic E-state index is 12.6. The lowest BCUT2D eigenvalue weighted by atomic mass is 10.2. The summed E-state index contributed by atoms with van der Waals surface area (Å²) in [5.41, 5.74) is 0.653. The third-order valence-corrected chi connectivity index (χ3v) is 8.39. The lowest BCUT2D eigenvalue weighted by Gasteiger charge is -2.15. The Bertz CT molecular complexity index is 1360. The molecule has 2 heterocycles. The number of anilines is 2. The summed E-state index contributed by atoms with van der Waals surface area (Å²) in [5, 5.41) is 6.26. The highest BCUT2D eigenvalue weighted by Crippen LogP contribution is 2.22. The van der Waals surface area contributed by atoms with Crippen molar-refractivity contribution in [2.24, 2.45) is 0 Å². The third kappa shape index (κ3) is 5.07. The molecule has 0 radical (unpaired) electrons. The lowest BCUT2D eigenvalue weighted by Crippen LogP contribution is -2.27. The quantitative estimate of drug-likeness (QED) is 0.519. The second-order valence-electron chi connectivity index (χ2n) is 7.54. The molecule has 12 heteroatoms. The van der Waals surface area contributed by atoms with Crippen molar-refractivity contribution >= 4 is 37.5 Å². The highest BCUT2D eigenvalue weighted by molar-refractivity contribution is 7.92. The molecule has 0 unspecified atom stereocenters. The van der Waals surface area contributed by atoms with E-state index in [9.17, 15) is 21.6 Å². The highest BCUT2D eigenvalue weighted by atomic mass is 32.2. The van der Waals surface area contributed by atoms with E-state index >= 15 is 0 Å². The van der Waals surface area contributed by atoms with E-state index in [4.69, 9.17) is 4.52 Å². The van der Waals surface area contributed by atoms with Gasteiger partial charge in [0.1, 0.15) is 5.76 Å². The Labute approximate surface area is 191 Å². The minimum absolute atomic E-state index is 0.0161. The summed E-state index contributed by atoms with van der Waals surface area (Å²) < 4.78 is 58.7. The molecule has 1 amide bonds. The first-order valence-corrected chi connectivity index (χ1v) is 13.1. The number of sulfonamides is 2. The summed E-state index contributed by atoms with van der Waals surface area (Å²) in [4.78, 5) is 12.7. The number of aromatic nitrogens is 1. The summed E-state index contributed by atoms with van der Waals surface area (Å²) in [6.07, 6.45) is 1.69. The van der Waals surface area contributed by atoms with E-state index in [-0.39, 0.29) is 21.2 Å². The number of carbonyl (C=O) groups excluding carboxylic acids is 1. The van der Waals surface area contributed by atoms with E-state index in [0.29, 0.717) is 24.5 Å². The van der Waals surface area contributed by atoms with E-state index in [1.54, 1.807) is 6.92 Å². The summed E-state index contributed by atoms with van der Waals surface area (Å²) in [6.45, 7) is 2.65. The van der Waals surface area contributed by atoms with Crippen molar-refractivity contribution in [3.8, 4) is 0 Å². The van der Waals surface area contributed by atoms with Gasteiger partial charge >= 0.3 is 0 Å². The molecule has 4 rings (SSSR count). The van der Waals surface area contributed by atoms with Crippen molar-refractivity contribution < 1.29 is 26.2 Å². The molecule has 0 saturated carbocycles. The Morgan fingerprint density at radius 2 is 1.55 bits per heavy atom. The van der Waals surface area contributed by atoms with Gasteiger partial charge in [0, 0.05) is 30.4 Å². The molecule has 174 valence electrons. The van der Waals surface area contributed by atoms with Gasteiger partial charge in [-0.1, -0.05) is 5.16 Å². The van der Waals surface area contributed by atoms with Gasteiger partial charge in [0.2, 0.25) is 10.0 Å². The van der Waals surface area contributed by atoms with Crippen molar-refractivity contribution in [3.05, 3.63) is 65.9 Å². The highest BCUT2D eigenvalue weighted by Gasteiger charge is 2.27. The molecule has 2 aromatic carbocycles. The zero-order chi connectivity index (χ0) is 23.6. The van der Waals surface area contributed by atoms with Crippen LogP contribution in [0.25, 0.3) is 0 Å². The van der Waals surface area contributed by atoms with Crippen LogP contribution in [0, 0.1) is 6.92 Å². The molecule has 0 spiro atoms. The number of benzene rings is 2. The second kappa shape index (κ2) is 8.96. The fourth-order valence-corrected chi connectivity index (χ4v) is 5.89. The average Bonchev–Trinajstić information content (AvgIpc) is 3.46. The number of nitrogens with one attached hydrogen (secondary N) is 2. The Hall–Kier alpha value is -3.22. The van der Waals surface area contributed by atoms with Gasteiger partial charge in [-0.2, -0.15) is 4.31 Å². The number of rotatable bonds is 7. The minimum atomic E-state index is -3.87. The van der Waals surface area contributed by atoms with E-state index in [2.05, 4.69) is 15.2 Å². The van der Waals surface area contributed by atoms with Gasteiger partial charge in [-0.25, -0.2) is 16.8 Å². The molecule has 1 aromatic heterocycles. The topological polar surface area (TPSA) is 139 Å². The first-order chi connectivity index (χ1) is 15.6. The molecular weight excluding hydrogens is 468 g/mol. The van der Waals surface area contributed by atoms with E-state index in [1.165, 1.54) is 58.9 Å². The normalized spacial score (nSPS) is 14.8. The van der Waals surface area contributed by atoms with Crippen LogP contribution in [0.1, 0.15) is 29.0 Å². The van der Waals surface area contributed by atoms with Crippen LogP contribution in [0.3, 0.4) is 0 Å². The molecule has 1 aliphatic heterocycles. The van der Waals surface area contributed by atoms with Crippen LogP contribution >= 0.6 is 0 Å². The molecule has 1 saturated heterocycles.